The first-order chi connectivity index (χ1) is 18.9. The molecule has 0 spiro atoms. The van der Waals surface area contributed by atoms with E-state index in [1.54, 1.807) is 0 Å². The minimum atomic E-state index is -0.351. The van der Waals surface area contributed by atoms with Crippen molar-refractivity contribution in [3.8, 4) is 0 Å². The fourth-order valence-electron chi connectivity index (χ4n) is 10.9. The molecule has 0 bridgehead atoms. The second kappa shape index (κ2) is 11.9. The third kappa shape index (κ3) is 5.62. The lowest BCUT2D eigenvalue weighted by molar-refractivity contribution is -0.527. The van der Waals surface area contributed by atoms with E-state index < -0.39 is 0 Å². The largest absolute Gasteiger partial charge is 0.311 e. The highest BCUT2D eigenvalue weighted by molar-refractivity contribution is 5.05. The van der Waals surface area contributed by atoms with Crippen molar-refractivity contribution in [2.24, 2.45) is 35.5 Å². The highest BCUT2D eigenvalue weighted by Crippen LogP contribution is 2.53. The zero-order valence-corrected chi connectivity index (χ0v) is 24.1. The number of fused-ring (bicyclic) bond motifs is 3. The summed E-state index contributed by atoms with van der Waals surface area (Å²) in [5.74, 6) is 4.43. The van der Waals surface area contributed by atoms with Gasteiger partial charge in [-0.3, -0.25) is 25.1 Å². The highest BCUT2D eigenvalue weighted by Gasteiger charge is 2.52. The first-order valence-corrected chi connectivity index (χ1v) is 16.7. The summed E-state index contributed by atoms with van der Waals surface area (Å²) in [7, 11) is 0. The molecule has 0 aromatic carbocycles. The van der Waals surface area contributed by atoms with E-state index in [2.05, 4.69) is 17.1 Å². The number of likely N-dealkylation sites (tertiary alicyclic amines) is 1. The molecule has 6 fully saturated rings. The van der Waals surface area contributed by atoms with Crippen LogP contribution >= 0.6 is 0 Å². The Hall–Kier alpha value is -1.28. The molecule has 4 aliphatic carbocycles. The third-order valence-corrected chi connectivity index (χ3v) is 12.9. The van der Waals surface area contributed by atoms with Crippen LogP contribution in [0, 0.1) is 55.7 Å². The third-order valence-electron chi connectivity index (χ3n) is 12.9. The topological polar surface area (TPSA) is 102 Å². The predicted octanol–water partition coefficient (Wildman–Crippen LogP) is 6.07. The fourth-order valence-corrected chi connectivity index (χ4v) is 10.9. The summed E-state index contributed by atoms with van der Waals surface area (Å²) in [6.45, 7) is 3.59. The van der Waals surface area contributed by atoms with Crippen LogP contribution in [-0.4, -0.2) is 57.5 Å². The van der Waals surface area contributed by atoms with Crippen LogP contribution in [0.15, 0.2) is 0 Å². The van der Waals surface area contributed by atoms with E-state index in [1.807, 2.05) is 0 Å². The minimum Gasteiger partial charge on any atom is -0.311 e. The molecule has 39 heavy (non-hydrogen) atoms. The smallest absolute Gasteiger partial charge is 0.213 e. The van der Waals surface area contributed by atoms with Gasteiger partial charge in [0.05, 0.1) is 0 Å². The summed E-state index contributed by atoms with van der Waals surface area (Å²) in [4.78, 5) is 25.6. The molecule has 220 valence electrons. The molecule has 6 rings (SSSR count). The molecule has 2 heterocycles. The van der Waals surface area contributed by atoms with Gasteiger partial charge in [-0.25, -0.2) is 0 Å². The van der Waals surface area contributed by atoms with Gasteiger partial charge < -0.3 is 5.32 Å². The lowest BCUT2D eigenvalue weighted by atomic mass is 9.63. The average Bonchev–Trinajstić information content (AvgIpc) is 3.30. The number of nitro groups is 2. The van der Waals surface area contributed by atoms with Crippen molar-refractivity contribution >= 4 is 0 Å². The summed E-state index contributed by atoms with van der Waals surface area (Å²) in [5.41, 5.74) is 0. The molecular weight excluding hydrogens is 492 g/mol. The number of piperidine rings is 1. The summed E-state index contributed by atoms with van der Waals surface area (Å²) < 4.78 is 0. The van der Waals surface area contributed by atoms with Crippen LogP contribution in [0.1, 0.15) is 116 Å². The van der Waals surface area contributed by atoms with Crippen molar-refractivity contribution in [2.75, 3.05) is 6.54 Å². The molecular formula is C31H52N4O4. The average molecular weight is 545 g/mol. The lowest BCUT2D eigenvalue weighted by Gasteiger charge is -2.49. The van der Waals surface area contributed by atoms with Crippen LogP contribution < -0.4 is 5.32 Å². The zero-order valence-electron chi connectivity index (χ0n) is 24.1. The van der Waals surface area contributed by atoms with Gasteiger partial charge in [0.25, 0.3) is 0 Å². The van der Waals surface area contributed by atoms with Gasteiger partial charge >= 0.3 is 0 Å². The van der Waals surface area contributed by atoms with Gasteiger partial charge in [-0.2, -0.15) is 0 Å². The minimum absolute atomic E-state index is 0.0535. The Bertz CT molecular complexity index is 823. The zero-order chi connectivity index (χ0) is 27.1. The van der Waals surface area contributed by atoms with E-state index in [4.69, 9.17) is 0 Å². The van der Waals surface area contributed by atoms with Crippen molar-refractivity contribution in [3.05, 3.63) is 20.2 Å². The molecule has 2 aliphatic heterocycles. The molecule has 0 radical (unpaired) electrons. The van der Waals surface area contributed by atoms with Crippen LogP contribution in [0.2, 0.25) is 0 Å². The van der Waals surface area contributed by atoms with Gasteiger partial charge in [0.15, 0.2) is 0 Å². The molecule has 0 amide bonds. The monoisotopic (exact) mass is 544 g/mol. The van der Waals surface area contributed by atoms with Crippen LogP contribution in [-0.2, 0) is 0 Å². The van der Waals surface area contributed by atoms with Crippen LogP contribution in [0.4, 0.5) is 0 Å². The Kier molecular flexibility index (Phi) is 8.51. The Morgan fingerprint density at radius 2 is 1.13 bits per heavy atom. The predicted molar refractivity (Wildman–Crippen MR) is 152 cm³/mol. The normalized spacial score (nSPS) is 47.2. The van der Waals surface area contributed by atoms with E-state index in [0.717, 1.165) is 87.1 Å². The quantitative estimate of drug-likeness (QED) is 0.321. The van der Waals surface area contributed by atoms with Crippen molar-refractivity contribution in [1.82, 2.24) is 10.2 Å². The van der Waals surface area contributed by atoms with Crippen LogP contribution in [0.25, 0.3) is 0 Å². The van der Waals surface area contributed by atoms with Crippen LogP contribution in [0.5, 0.6) is 0 Å². The van der Waals surface area contributed by atoms with E-state index in [-0.39, 0.29) is 21.9 Å². The Labute approximate surface area is 234 Å². The van der Waals surface area contributed by atoms with Gasteiger partial charge in [0, 0.05) is 59.7 Å². The first kappa shape index (κ1) is 27.9. The van der Waals surface area contributed by atoms with Crippen LogP contribution in [0.3, 0.4) is 0 Å². The van der Waals surface area contributed by atoms with Gasteiger partial charge in [0.2, 0.25) is 12.1 Å². The second-order valence-corrected chi connectivity index (χ2v) is 14.5. The molecule has 4 saturated carbocycles. The Morgan fingerprint density at radius 3 is 1.67 bits per heavy atom. The number of rotatable bonds is 6. The molecule has 6 aliphatic rings. The summed E-state index contributed by atoms with van der Waals surface area (Å²) in [6, 6.07) is 1.87. The van der Waals surface area contributed by atoms with Gasteiger partial charge in [-0.15, -0.1) is 0 Å². The van der Waals surface area contributed by atoms with Gasteiger partial charge in [-0.1, -0.05) is 19.8 Å². The van der Waals surface area contributed by atoms with E-state index in [9.17, 15) is 20.2 Å². The molecule has 7 unspecified atom stereocenters. The Morgan fingerprint density at radius 1 is 0.615 bits per heavy atom. The standard InChI is InChI=1S/C31H52N4O4/c1-2-33-30-6-4-3-5-26(30)27-17-22(11-16-31(27)33)23-18-28(20-7-12-24(13-8-20)34(36)37)32-29(19-23)21-9-14-25(15-10-21)35(38)39/h20-32H,2-19H2,1H3. The molecule has 0 aromatic heterocycles. The van der Waals surface area contributed by atoms with Crippen molar-refractivity contribution in [1.29, 1.82) is 0 Å². The first-order valence-electron chi connectivity index (χ1n) is 16.7. The van der Waals surface area contributed by atoms with E-state index in [1.165, 1.54) is 64.3 Å². The van der Waals surface area contributed by atoms with E-state index >= 15 is 0 Å². The maximum absolute atomic E-state index is 11.4. The van der Waals surface area contributed by atoms with Crippen molar-refractivity contribution in [3.63, 3.8) is 0 Å². The van der Waals surface area contributed by atoms with Crippen molar-refractivity contribution < 1.29 is 9.85 Å². The fraction of sp³-hybridized carbons (Fsp3) is 1.00. The number of hydrogen-bond donors (Lipinski definition) is 1. The molecule has 8 heteroatoms. The second-order valence-electron chi connectivity index (χ2n) is 14.5. The van der Waals surface area contributed by atoms with E-state index in [0.29, 0.717) is 23.9 Å². The number of nitrogens with one attached hydrogen (secondary N) is 1. The molecule has 7 atom stereocenters. The summed E-state index contributed by atoms with van der Waals surface area (Å²) in [6.07, 6.45) is 19.1. The summed E-state index contributed by atoms with van der Waals surface area (Å²) >= 11 is 0. The van der Waals surface area contributed by atoms with Gasteiger partial charge in [0.1, 0.15) is 0 Å². The molecule has 2 saturated heterocycles. The number of hydrogen-bond acceptors (Lipinski definition) is 6. The summed E-state index contributed by atoms with van der Waals surface area (Å²) in [5, 5.41) is 26.9. The Balaban J connectivity index is 1.16. The molecule has 0 aromatic rings. The lowest BCUT2D eigenvalue weighted by Crippen LogP contribution is -2.55. The number of nitrogens with zero attached hydrogens (tertiary/aromatic N) is 3. The molecule has 8 nitrogen and oxygen atoms in total. The maximum atomic E-state index is 11.4. The van der Waals surface area contributed by atoms with Crippen molar-refractivity contribution in [2.45, 2.75) is 152 Å². The van der Waals surface area contributed by atoms with Gasteiger partial charge in [-0.05, 0) is 113 Å². The highest BCUT2D eigenvalue weighted by atomic mass is 16.6. The SMILES string of the molecule is CCN1C2CCCCC2C2CC(C3CC(C4CCC([N+](=O)[O-])CC4)NC(C4CCC([N+](=O)[O-])CC4)C3)CCC21. The maximum Gasteiger partial charge on any atom is 0.213 e. The molecule has 1 N–H and O–H groups in total.